The lowest BCUT2D eigenvalue weighted by Crippen LogP contribution is -2.07. The van der Waals surface area contributed by atoms with Gasteiger partial charge in [-0.15, -0.1) is 0 Å². The topological polar surface area (TPSA) is 77.2 Å². The summed E-state index contributed by atoms with van der Waals surface area (Å²) in [6.45, 7) is 0. The molecule has 1 aromatic carbocycles. The minimum Gasteiger partial charge on any atom is -0.396 e. The van der Waals surface area contributed by atoms with Gasteiger partial charge in [-0.25, -0.2) is 8.42 Å². The zero-order valence-corrected chi connectivity index (χ0v) is 12.1. The molecule has 0 radical (unpaired) electrons. The van der Waals surface area contributed by atoms with Crippen LogP contribution in [0.4, 0.5) is 5.69 Å². The van der Waals surface area contributed by atoms with Crippen molar-refractivity contribution in [2.45, 2.75) is 12.8 Å². The van der Waals surface area contributed by atoms with Crippen molar-refractivity contribution in [2.24, 2.45) is 0 Å². The third-order valence-electron chi connectivity index (χ3n) is 2.32. The molecule has 0 fully saturated rings. The van der Waals surface area contributed by atoms with Crippen LogP contribution in [-0.4, -0.2) is 26.2 Å². The molecule has 0 aliphatic rings. The molecule has 100 valence electrons. The van der Waals surface area contributed by atoms with E-state index in [0.717, 1.165) is 6.26 Å². The summed E-state index contributed by atoms with van der Waals surface area (Å²) in [6, 6.07) is 2.87. The van der Waals surface area contributed by atoms with Crippen molar-refractivity contribution in [2.75, 3.05) is 17.7 Å². The fraction of sp³-hybridized carbons (Fsp3) is 0.364. The van der Waals surface area contributed by atoms with Crippen LogP contribution in [0.1, 0.15) is 23.2 Å². The first-order valence-electron chi connectivity index (χ1n) is 5.16. The SMILES string of the molecule is CS(=O)(=O)CCCC(=O)c1cc(Cl)c(N)c(Cl)c1. The average molecular weight is 310 g/mol. The maximum absolute atomic E-state index is 11.8. The number of sulfone groups is 1. The lowest BCUT2D eigenvalue weighted by Gasteiger charge is -2.05. The quantitative estimate of drug-likeness (QED) is 0.670. The van der Waals surface area contributed by atoms with Gasteiger partial charge in [0.05, 0.1) is 21.5 Å². The molecule has 1 rings (SSSR count). The molecule has 0 bridgehead atoms. The predicted molar refractivity (Wildman–Crippen MR) is 74.1 cm³/mol. The summed E-state index contributed by atoms with van der Waals surface area (Å²) in [5.74, 6) is -0.225. The molecule has 0 saturated carbocycles. The van der Waals surface area contributed by atoms with Gasteiger partial charge in [-0.2, -0.15) is 0 Å². The Morgan fingerprint density at radius 3 is 2.22 bits per heavy atom. The van der Waals surface area contributed by atoms with Crippen molar-refractivity contribution in [1.82, 2.24) is 0 Å². The predicted octanol–water partition coefficient (Wildman–Crippen LogP) is 2.58. The number of hydrogen-bond donors (Lipinski definition) is 1. The minimum atomic E-state index is -3.05. The minimum absolute atomic E-state index is 0.0187. The van der Waals surface area contributed by atoms with Crippen LogP contribution in [0.25, 0.3) is 0 Å². The fourth-order valence-corrected chi connectivity index (χ4v) is 2.54. The van der Waals surface area contributed by atoms with E-state index >= 15 is 0 Å². The highest BCUT2D eigenvalue weighted by Gasteiger charge is 2.12. The first-order chi connectivity index (χ1) is 8.20. The van der Waals surface area contributed by atoms with Crippen LogP contribution in [-0.2, 0) is 9.84 Å². The third kappa shape index (κ3) is 4.48. The summed E-state index contributed by atoms with van der Waals surface area (Å²) >= 11 is 11.6. The number of ketones is 1. The number of nitrogen functional groups attached to an aromatic ring is 1. The van der Waals surface area contributed by atoms with E-state index in [4.69, 9.17) is 28.9 Å². The Hall–Kier alpha value is -0.780. The van der Waals surface area contributed by atoms with Crippen LogP contribution < -0.4 is 5.73 Å². The summed E-state index contributed by atoms with van der Waals surface area (Å²) in [4.78, 5) is 11.8. The monoisotopic (exact) mass is 309 g/mol. The van der Waals surface area contributed by atoms with Crippen LogP contribution in [0.2, 0.25) is 10.0 Å². The molecule has 0 unspecified atom stereocenters. The highest BCUT2D eigenvalue weighted by molar-refractivity contribution is 7.90. The Bertz CT molecular complexity index is 547. The van der Waals surface area contributed by atoms with Crippen LogP contribution in [0, 0.1) is 0 Å². The second-order valence-electron chi connectivity index (χ2n) is 4.01. The highest BCUT2D eigenvalue weighted by Crippen LogP contribution is 2.29. The van der Waals surface area contributed by atoms with Gasteiger partial charge in [0.2, 0.25) is 0 Å². The van der Waals surface area contributed by atoms with Gasteiger partial charge in [0.1, 0.15) is 9.84 Å². The maximum atomic E-state index is 11.8. The molecule has 7 heteroatoms. The Morgan fingerprint density at radius 1 is 1.28 bits per heavy atom. The molecule has 2 N–H and O–H groups in total. The van der Waals surface area contributed by atoms with E-state index in [1.54, 1.807) is 0 Å². The number of anilines is 1. The number of benzene rings is 1. The molecule has 0 atom stereocenters. The normalized spacial score (nSPS) is 11.5. The molecule has 0 aromatic heterocycles. The van der Waals surface area contributed by atoms with Crippen molar-refractivity contribution in [3.8, 4) is 0 Å². The summed E-state index contributed by atoms with van der Waals surface area (Å²) in [6.07, 6.45) is 1.54. The van der Waals surface area contributed by atoms with Crippen molar-refractivity contribution < 1.29 is 13.2 Å². The zero-order valence-electron chi connectivity index (χ0n) is 9.74. The van der Waals surface area contributed by atoms with Gasteiger partial charge in [-0.3, -0.25) is 4.79 Å². The van der Waals surface area contributed by atoms with Gasteiger partial charge in [0, 0.05) is 18.2 Å². The lowest BCUT2D eigenvalue weighted by molar-refractivity contribution is 0.0982. The van der Waals surface area contributed by atoms with E-state index in [9.17, 15) is 13.2 Å². The van der Waals surface area contributed by atoms with E-state index in [-0.39, 0.29) is 40.1 Å². The molecule has 0 spiro atoms. The summed E-state index contributed by atoms with van der Waals surface area (Å²) in [5.41, 5.74) is 6.12. The van der Waals surface area contributed by atoms with Gasteiger partial charge in [-0.1, -0.05) is 23.2 Å². The van der Waals surface area contributed by atoms with Crippen molar-refractivity contribution in [3.05, 3.63) is 27.7 Å². The van der Waals surface area contributed by atoms with Crippen molar-refractivity contribution >= 4 is 44.5 Å². The first kappa shape index (κ1) is 15.3. The van der Waals surface area contributed by atoms with Crippen LogP contribution in [0.5, 0.6) is 0 Å². The Morgan fingerprint density at radius 2 is 1.78 bits per heavy atom. The van der Waals surface area contributed by atoms with Crippen molar-refractivity contribution in [1.29, 1.82) is 0 Å². The molecule has 0 aliphatic carbocycles. The molecule has 0 saturated heterocycles. The Kier molecular flexibility index (Phi) is 5.01. The van der Waals surface area contributed by atoms with Gasteiger partial charge in [-0.05, 0) is 18.6 Å². The maximum Gasteiger partial charge on any atom is 0.163 e. The van der Waals surface area contributed by atoms with Crippen LogP contribution in [0.15, 0.2) is 12.1 Å². The van der Waals surface area contributed by atoms with E-state index in [0.29, 0.717) is 5.56 Å². The molecule has 0 amide bonds. The van der Waals surface area contributed by atoms with Crippen LogP contribution >= 0.6 is 23.2 Å². The number of Topliss-reactive ketones (excluding diaryl/α,β-unsaturated/α-hetero) is 1. The largest absolute Gasteiger partial charge is 0.396 e. The molecule has 4 nitrogen and oxygen atoms in total. The Labute approximate surface area is 116 Å². The van der Waals surface area contributed by atoms with E-state index in [1.165, 1.54) is 12.1 Å². The van der Waals surface area contributed by atoms with Gasteiger partial charge < -0.3 is 5.73 Å². The van der Waals surface area contributed by atoms with E-state index in [1.807, 2.05) is 0 Å². The zero-order chi connectivity index (χ0) is 13.9. The standard InChI is InChI=1S/C11H13Cl2NO3S/c1-18(16,17)4-2-3-10(15)7-5-8(12)11(14)9(13)6-7/h5-6H,2-4,14H2,1H3. The van der Waals surface area contributed by atoms with Gasteiger partial charge in [0.25, 0.3) is 0 Å². The fourth-order valence-electron chi connectivity index (χ4n) is 1.38. The smallest absolute Gasteiger partial charge is 0.163 e. The number of rotatable bonds is 5. The second-order valence-corrected chi connectivity index (χ2v) is 7.08. The summed E-state index contributed by atoms with van der Waals surface area (Å²) < 4.78 is 21.9. The molecule has 1 aromatic rings. The molecular formula is C11H13Cl2NO3S. The van der Waals surface area contributed by atoms with Gasteiger partial charge >= 0.3 is 0 Å². The highest BCUT2D eigenvalue weighted by atomic mass is 35.5. The average Bonchev–Trinajstić information content (AvgIpc) is 2.23. The van der Waals surface area contributed by atoms with E-state index < -0.39 is 9.84 Å². The summed E-state index contributed by atoms with van der Waals surface area (Å²) in [5, 5.41) is 0.433. The van der Waals surface area contributed by atoms with E-state index in [2.05, 4.69) is 0 Å². The third-order valence-corrected chi connectivity index (χ3v) is 3.98. The molecule has 0 aliphatic heterocycles. The number of hydrogen-bond acceptors (Lipinski definition) is 4. The first-order valence-corrected chi connectivity index (χ1v) is 7.98. The van der Waals surface area contributed by atoms with Crippen LogP contribution in [0.3, 0.4) is 0 Å². The molecule has 18 heavy (non-hydrogen) atoms. The number of carbonyl (C=O) groups excluding carboxylic acids is 1. The lowest BCUT2D eigenvalue weighted by atomic mass is 10.1. The van der Waals surface area contributed by atoms with Crippen molar-refractivity contribution in [3.63, 3.8) is 0 Å². The molecular weight excluding hydrogens is 297 g/mol. The van der Waals surface area contributed by atoms with Gasteiger partial charge in [0.15, 0.2) is 5.78 Å². The number of halogens is 2. The molecule has 0 heterocycles. The number of nitrogens with two attached hydrogens (primary N) is 1. The Balaban J connectivity index is 2.74. The number of carbonyl (C=O) groups is 1. The second kappa shape index (κ2) is 5.91. The summed E-state index contributed by atoms with van der Waals surface area (Å²) in [7, 11) is -3.05.